The van der Waals surface area contributed by atoms with Crippen molar-refractivity contribution in [1.29, 1.82) is 0 Å². The Kier molecular flexibility index (Phi) is 5.23. The number of hydrogen-bond donors (Lipinski definition) is 0. The van der Waals surface area contributed by atoms with Gasteiger partial charge in [0.2, 0.25) is 0 Å². The van der Waals surface area contributed by atoms with Crippen LogP contribution in [0.25, 0.3) is 11.8 Å². The smallest absolute Gasteiger partial charge is 0.343 e. The van der Waals surface area contributed by atoms with Gasteiger partial charge in [0.25, 0.3) is 0 Å². The fourth-order valence-corrected chi connectivity index (χ4v) is 2.70. The van der Waals surface area contributed by atoms with Crippen LogP contribution in [-0.4, -0.2) is 19.0 Å². The number of cyclic esters (lactones) is 1. The molecule has 0 aromatic heterocycles. The second-order valence-electron chi connectivity index (χ2n) is 5.51. The lowest BCUT2D eigenvalue weighted by molar-refractivity contribution is -0.132. The molecule has 26 heavy (non-hydrogen) atoms. The zero-order valence-corrected chi connectivity index (χ0v) is 15.7. The average Bonchev–Trinajstić information content (AvgIpc) is 2.97. The van der Waals surface area contributed by atoms with Crippen molar-refractivity contribution in [2.24, 2.45) is 0 Å². The van der Waals surface area contributed by atoms with Crippen LogP contribution in [0.2, 0.25) is 0 Å². The Hall–Kier alpha value is -2.86. The average molecular weight is 415 g/mol. The third-order valence-electron chi connectivity index (χ3n) is 3.62. The molecule has 3 rings (SSSR count). The van der Waals surface area contributed by atoms with E-state index in [1.165, 1.54) is 14.0 Å². The number of benzene rings is 2. The van der Waals surface area contributed by atoms with E-state index in [2.05, 4.69) is 15.9 Å². The highest BCUT2D eigenvalue weighted by Crippen LogP contribution is 2.31. The minimum Gasteiger partial charge on any atom is -0.493 e. The van der Waals surface area contributed by atoms with Crippen molar-refractivity contribution in [2.75, 3.05) is 7.11 Å². The quantitative estimate of drug-likeness (QED) is 0.422. The van der Waals surface area contributed by atoms with Crippen LogP contribution in [0.15, 0.2) is 58.6 Å². The van der Waals surface area contributed by atoms with Crippen LogP contribution in [0.1, 0.15) is 18.1 Å². The first-order chi connectivity index (χ1) is 12.5. The molecule has 0 saturated heterocycles. The number of halogens is 1. The molecule has 1 aliphatic heterocycles. The van der Waals surface area contributed by atoms with Gasteiger partial charge in [-0.3, -0.25) is 4.79 Å². The van der Waals surface area contributed by atoms with E-state index in [1.54, 1.807) is 30.4 Å². The van der Waals surface area contributed by atoms with E-state index >= 15 is 0 Å². The molecule has 0 bridgehead atoms. The molecule has 0 saturated carbocycles. The van der Waals surface area contributed by atoms with Crippen molar-refractivity contribution in [3.05, 3.63) is 69.7 Å². The predicted octanol–water partition coefficient (Wildman–Crippen LogP) is 4.36. The second kappa shape index (κ2) is 7.58. The van der Waals surface area contributed by atoms with Crippen LogP contribution >= 0.6 is 15.9 Å². The molecule has 1 heterocycles. The molecule has 0 N–H and O–H groups in total. The lowest BCUT2D eigenvalue weighted by atomic mass is 10.1. The molecular weight excluding hydrogens is 400 g/mol. The normalized spacial score (nSPS) is 14.8. The summed E-state index contributed by atoms with van der Waals surface area (Å²) in [6.45, 7) is 1.32. The Morgan fingerprint density at radius 1 is 1.12 bits per heavy atom. The molecule has 2 aromatic carbocycles. The number of rotatable bonds is 4. The number of methoxy groups -OCH3 is 1. The van der Waals surface area contributed by atoms with Gasteiger partial charge >= 0.3 is 11.9 Å². The van der Waals surface area contributed by atoms with Gasteiger partial charge in [-0.1, -0.05) is 34.1 Å². The first kappa shape index (κ1) is 17.9. The van der Waals surface area contributed by atoms with E-state index in [1.807, 2.05) is 24.3 Å². The largest absolute Gasteiger partial charge is 0.493 e. The van der Waals surface area contributed by atoms with E-state index in [-0.39, 0.29) is 0 Å². The lowest BCUT2D eigenvalue weighted by Crippen LogP contribution is -2.03. The molecular formula is C20H15BrO5. The van der Waals surface area contributed by atoms with E-state index in [9.17, 15) is 9.59 Å². The van der Waals surface area contributed by atoms with E-state index in [0.717, 1.165) is 15.6 Å². The molecule has 6 heteroatoms. The monoisotopic (exact) mass is 414 g/mol. The standard InChI is InChI=1S/C20H15BrO5/c1-12(22)25-17-8-3-13(10-19(17)24-2)9-15-11-18(26-20(15)23)14-4-6-16(21)7-5-14/h3-11H,1-2H3/b15-9+. The molecule has 0 unspecified atom stereocenters. The molecule has 0 amide bonds. The molecule has 5 nitrogen and oxygen atoms in total. The van der Waals surface area contributed by atoms with Crippen LogP contribution in [0.4, 0.5) is 0 Å². The van der Waals surface area contributed by atoms with Crippen molar-refractivity contribution in [3.8, 4) is 11.5 Å². The number of ether oxygens (including phenoxy) is 3. The summed E-state index contributed by atoms with van der Waals surface area (Å²) in [5, 5.41) is 0. The molecule has 0 spiro atoms. The lowest BCUT2D eigenvalue weighted by Gasteiger charge is -2.08. The van der Waals surface area contributed by atoms with Gasteiger partial charge in [0.1, 0.15) is 5.76 Å². The van der Waals surface area contributed by atoms with Crippen LogP contribution in [-0.2, 0) is 14.3 Å². The minimum absolute atomic E-state index is 0.322. The van der Waals surface area contributed by atoms with Gasteiger partial charge in [-0.25, -0.2) is 4.79 Å². The van der Waals surface area contributed by atoms with Gasteiger partial charge in [0, 0.05) is 17.0 Å². The second-order valence-corrected chi connectivity index (χ2v) is 6.42. The summed E-state index contributed by atoms with van der Waals surface area (Å²) in [5.74, 6) is 0.360. The van der Waals surface area contributed by atoms with Crippen molar-refractivity contribution >= 4 is 39.7 Å². The molecule has 0 radical (unpaired) electrons. The van der Waals surface area contributed by atoms with Crippen LogP contribution in [0, 0.1) is 0 Å². The Bertz CT molecular complexity index is 926. The predicted molar refractivity (Wildman–Crippen MR) is 100 cm³/mol. The van der Waals surface area contributed by atoms with Crippen LogP contribution in [0.5, 0.6) is 11.5 Å². The van der Waals surface area contributed by atoms with Gasteiger partial charge in [0.05, 0.1) is 12.7 Å². The fourth-order valence-electron chi connectivity index (χ4n) is 2.44. The SMILES string of the molecule is COc1cc(/C=C2\C=C(c3ccc(Br)cc3)OC2=O)ccc1OC(C)=O. The molecule has 0 atom stereocenters. The Morgan fingerprint density at radius 2 is 1.85 bits per heavy atom. The molecule has 2 aromatic rings. The summed E-state index contributed by atoms with van der Waals surface area (Å²) >= 11 is 3.37. The number of carbonyl (C=O) groups excluding carboxylic acids is 2. The van der Waals surface area contributed by atoms with Gasteiger partial charge in [0.15, 0.2) is 11.5 Å². The highest BCUT2D eigenvalue weighted by Gasteiger charge is 2.22. The number of esters is 2. The van der Waals surface area contributed by atoms with Gasteiger partial charge < -0.3 is 14.2 Å². The van der Waals surface area contributed by atoms with E-state index in [4.69, 9.17) is 14.2 Å². The molecule has 132 valence electrons. The van der Waals surface area contributed by atoms with Gasteiger partial charge in [-0.2, -0.15) is 0 Å². The Labute approximate surface area is 159 Å². The topological polar surface area (TPSA) is 61.8 Å². The maximum atomic E-state index is 12.1. The first-order valence-electron chi connectivity index (χ1n) is 7.74. The van der Waals surface area contributed by atoms with Gasteiger partial charge in [-0.05, 0) is 42.0 Å². The summed E-state index contributed by atoms with van der Waals surface area (Å²) in [5.41, 5.74) is 1.95. The van der Waals surface area contributed by atoms with Crippen molar-refractivity contribution in [1.82, 2.24) is 0 Å². The van der Waals surface area contributed by atoms with E-state index in [0.29, 0.717) is 22.8 Å². The maximum Gasteiger partial charge on any atom is 0.343 e. The Morgan fingerprint density at radius 3 is 2.50 bits per heavy atom. The third-order valence-corrected chi connectivity index (χ3v) is 4.15. The summed E-state index contributed by atoms with van der Waals surface area (Å²) in [7, 11) is 1.48. The first-order valence-corrected chi connectivity index (χ1v) is 8.53. The highest BCUT2D eigenvalue weighted by molar-refractivity contribution is 9.10. The third kappa shape index (κ3) is 4.03. The summed E-state index contributed by atoms with van der Waals surface area (Å²) in [6.07, 6.45) is 3.38. The van der Waals surface area contributed by atoms with E-state index < -0.39 is 11.9 Å². The van der Waals surface area contributed by atoms with Crippen molar-refractivity contribution in [3.63, 3.8) is 0 Å². The summed E-state index contributed by atoms with van der Waals surface area (Å²) in [4.78, 5) is 23.3. The van der Waals surface area contributed by atoms with Crippen LogP contribution < -0.4 is 9.47 Å². The summed E-state index contributed by atoms with van der Waals surface area (Å²) < 4.78 is 16.6. The maximum absolute atomic E-state index is 12.1. The summed E-state index contributed by atoms with van der Waals surface area (Å²) in [6, 6.07) is 12.5. The zero-order valence-electron chi connectivity index (χ0n) is 14.1. The Balaban J connectivity index is 1.90. The molecule has 1 aliphatic rings. The molecule has 0 aliphatic carbocycles. The van der Waals surface area contributed by atoms with Gasteiger partial charge in [-0.15, -0.1) is 0 Å². The minimum atomic E-state index is -0.434. The fraction of sp³-hybridized carbons (Fsp3) is 0.100. The number of carbonyl (C=O) groups is 2. The highest BCUT2D eigenvalue weighted by atomic mass is 79.9. The van der Waals surface area contributed by atoms with Crippen molar-refractivity contribution in [2.45, 2.75) is 6.92 Å². The van der Waals surface area contributed by atoms with Crippen molar-refractivity contribution < 1.29 is 23.8 Å². The number of hydrogen-bond acceptors (Lipinski definition) is 5. The van der Waals surface area contributed by atoms with Crippen LogP contribution in [0.3, 0.4) is 0 Å². The zero-order chi connectivity index (χ0) is 18.7. The molecule has 0 fully saturated rings.